The number of rotatable bonds is 2. The van der Waals surface area contributed by atoms with Gasteiger partial charge in [-0.15, -0.1) is 0 Å². The van der Waals surface area contributed by atoms with Crippen molar-refractivity contribution < 1.29 is 14.3 Å². The van der Waals surface area contributed by atoms with E-state index in [0.717, 1.165) is 6.92 Å². The van der Waals surface area contributed by atoms with Crippen molar-refractivity contribution >= 4 is 11.9 Å². The summed E-state index contributed by atoms with van der Waals surface area (Å²) >= 11 is 0. The van der Waals surface area contributed by atoms with Crippen molar-refractivity contribution in [3.63, 3.8) is 0 Å². The number of nitriles is 1. The first kappa shape index (κ1) is 8.43. The largest absolute Gasteiger partial charge is 0.437 e. The van der Waals surface area contributed by atoms with Gasteiger partial charge in [-0.3, -0.25) is 9.59 Å². The second-order valence-corrected chi connectivity index (χ2v) is 1.52. The van der Waals surface area contributed by atoms with Crippen LogP contribution in [0.1, 0.15) is 6.92 Å². The molecule has 54 valence electrons. The van der Waals surface area contributed by atoms with Crippen molar-refractivity contribution in [2.24, 2.45) is 5.73 Å². The summed E-state index contributed by atoms with van der Waals surface area (Å²) in [5.41, 5.74) is 4.66. The first-order chi connectivity index (χ1) is 4.57. The molecule has 5 nitrogen and oxygen atoms in total. The highest BCUT2D eigenvalue weighted by molar-refractivity contribution is 5.84. The highest BCUT2D eigenvalue weighted by Gasteiger charge is 2.16. The fourth-order valence-electron chi connectivity index (χ4n) is 0.314. The molecule has 1 atom stereocenters. The summed E-state index contributed by atoms with van der Waals surface area (Å²) in [6.07, 6.45) is -1.46. The van der Waals surface area contributed by atoms with Gasteiger partial charge in [0.1, 0.15) is 6.07 Å². The predicted molar refractivity (Wildman–Crippen MR) is 30.4 cm³/mol. The third-order valence-corrected chi connectivity index (χ3v) is 0.659. The molecule has 0 aromatic heterocycles. The number of carbonyl (C=O) groups excluding carboxylic acids is 2. The van der Waals surface area contributed by atoms with Gasteiger partial charge in [-0.1, -0.05) is 0 Å². The summed E-state index contributed by atoms with van der Waals surface area (Å²) in [7, 11) is 0. The van der Waals surface area contributed by atoms with Gasteiger partial charge in [0.05, 0.1) is 0 Å². The second-order valence-electron chi connectivity index (χ2n) is 1.52. The maximum atomic E-state index is 10.2. The van der Waals surface area contributed by atoms with E-state index < -0.39 is 18.0 Å². The highest BCUT2D eigenvalue weighted by Crippen LogP contribution is 1.88. The molecule has 0 fully saturated rings. The van der Waals surface area contributed by atoms with Gasteiger partial charge in [0.25, 0.3) is 12.0 Å². The number of primary amides is 1. The molecule has 10 heavy (non-hydrogen) atoms. The number of hydrogen-bond donors (Lipinski definition) is 1. The number of nitrogens with two attached hydrogens (primary N) is 1. The van der Waals surface area contributed by atoms with Gasteiger partial charge >= 0.3 is 5.97 Å². The van der Waals surface area contributed by atoms with Crippen molar-refractivity contribution in [2.75, 3.05) is 0 Å². The lowest BCUT2D eigenvalue weighted by Gasteiger charge is -2.02. The van der Waals surface area contributed by atoms with Crippen LogP contribution in [0.2, 0.25) is 0 Å². The zero-order chi connectivity index (χ0) is 8.15. The Hall–Kier alpha value is -1.57. The van der Waals surface area contributed by atoms with Gasteiger partial charge < -0.3 is 10.5 Å². The quantitative estimate of drug-likeness (QED) is 0.496. The van der Waals surface area contributed by atoms with Crippen LogP contribution in [0.3, 0.4) is 0 Å². The molecule has 0 radical (unpaired) electrons. The van der Waals surface area contributed by atoms with E-state index in [0.29, 0.717) is 0 Å². The standard InChI is InChI=1S/C5H6N2O3/c1-3(8)10-4(2-6)5(7)9/h4H,1H3,(H2,7,9). The van der Waals surface area contributed by atoms with E-state index in [1.54, 1.807) is 0 Å². The molecular weight excluding hydrogens is 136 g/mol. The van der Waals surface area contributed by atoms with Crippen LogP contribution in [0.25, 0.3) is 0 Å². The minimum atomic E-state index is -1.46. The number of carbonyl (C=O) groups is 2. The maximum absolute atomic E-state index is 10.2. The molecule has 0 aromatic rings. The fourth-order valence-corrected chi connectivity index (χ4v) is 0.314. The summed E-state index contributed by atoms with van der Waals surface area (Å²) in [5, 5.41) is 8.12. The normalized spacial score (nSPS) is 11.2. The van der Waals surface area contributed by atoms with Gasteiger partial charge in [-0.25, -0.2) is 0 Å². The lowest BCUT2D eigenvalue weighted by molar-refractivity contribution is -0.149. The zero-order valence-electron chi connectivity index (χ0n) is 5.33. The molecular formula is C5H6N2O3. The van der Waals surface area contributed by atoms with Crippen molar-refractivity contribution in [3.8, 4) is 6.07 Å². The van der Waals surface area contributed by atoms with Gasteiger partial charge in [-0.2, -0.15) is 5.26 Å². The van der Waals surface area contributed by atoms with Crippen LogP contribution in [0.15, 0.2) is 0 Å². The molecule has 0 rings (SSSR count). The van der Waals surface area contributed by atoms with Crippen LogP contribution in [0, 0.1) is 11.3 Å². The Morgan fingerprint density at radius 3 is 2.30 bits per heavy atom. The average molecular weight is 142 g/mol. The van der Waals surface area contributed by atoms with Crippen molar-refractivity contribution in [1.82, 2.24) is 0 Å². The lowest BCUT2D eigenvalue weighted by atomic mass is 10.4. The van der Waals surface area contributed by atoms with Crippen LogP contribution < -0.4 is 5.73 Å². The molecule has 0 aliphatic heterocycles. The third kappa shape index (κ3) is 2.67. The first-order valence-electron chi connectivity index (χ1n) is 2.44. The Morgan fingerprint density at radius 2 is 2.20 bits per heavy atom. The first-order valence-corrected chi connectivity index (χ1v) is 2.44. The molecule has 0 aromatic carbocycles. The second kappa shape index (κ2) is 3.45. The Morgan fingerprint density at radius 1 is 1.70 bits per heavy atom. The van der Waals surface area contributed by atoms with Crippen LogP contribution >= 0.6 is 0 Å². The van der Waals surface area contributed by atoms with Gasteiger partial charge in [0.15, 0.2) is 0 Å². The molecule has 0 saturated carbocycles. The van der Waals surface area contributed by atoms with Crippen LogP contribution in [0.5, 0.6) is 0 Å². The summed E-state index contributed by atoms with van der Waals surface area (Å²) in [4.78, 5) is 20.3. The number of esters is 1. The molecule has 0 spiro atoms. The molecule has 0 bridgehead atoms. The fraction of sp³-hybridized carbons (Fsp3) is 0.400. The van der Waals surface area contributed by atoms with Crippen molar-refractivity contribution in [1.29, 1.82) is 5.26 Å². The van der Waals surface area contributed by atoms with Crippen LogP contribution in [0.4, 0.5) is 0 Å². The Balaban J connectivity index is 4.00. The number of ether oxygens (including phenoxy) is 1. The van der Waals surface area contributed by atoms with E-state index >= 15 is 0 Å². The van der Waals surface area contributed by atoms with E-state index in [1.807, 2.05) is 0 Å². The Labute approximate surface area is 57.4 Å². The summed E-state index contributed by atoms with van der Waals surface area (Å²) < 4.78 is 4.19. The summed E-state index contributed by atoms with van der Waals surface area (Å²) in [6.45, 7) is 1.09. The monoisotopic (exact) mass is 142 g/mol. The van der Waals surface area contributed by atoms with E-state index in [-0.39, 0.29) is 0 Å². The summed E-state index contributed by atoms with van der Waals surface area (Å²) in [6, 6.07) is 1.42. The lowest BCUT2D eigenvalue weighted by Crippen LogP contribution is -2.31. The van der Waals surface area contributed by atoms with Crippen LogP contribution in [-0.4, -0.2) is 18.0 Å². The molecule has 0 saturated heterocycles. The molecule has 1 unspecified atom stereocenters. The van der Waals surface area contributed by atoms with E-state index in [2.05, 4.69) is 10.5 Å². The molecule has 0 aliphatic rings. The SMILES string of the molecule is CC(=O)OC(C#N)C(N)=O. The predicted octanol–water partition coefficient (Wildman–Crippen LogP) is -1.07. The maximum Gasteiger partial charge on any atom is 0.304 e. The minimum Gasteiger partial charge on any atom is -0.437 e. The summed E-state index contributed by atoms with van der Waals surface area (Å²) in [5.74, 6) is -1.66. The van der Waals surface area contributed by atoms with E-state index in [1.165, 1.54) is 6.07 Å². The van der Waals surface area contributed by atoms with E-state index in [9.17, 15) is 9.59 Å². The third-order valence-electron chi connectivity index (χ3n) is 0.659. The highest BCUT2D eigenvalue weighted by atomic mass is 16.5. The molecule has 0 aliphatic carbocycles. The van der Waals surface area contributed by atoms with Gasteiger partial charge in [0, 0.05) is 6.92 Å². The van der Waals surface area contributed by atoms with Crippen molar-refractivity contribution in [3.05, 3.63) is 0 Å². The molecule has 1 amide bonds. The van der Waals surface area contributed by atoms with Crippen molar-refractivity contribution in [2.45, 2.75) is 13.0 Å². The van der Waals surface area contributed by atoms with Gasteiger partial charge in [-0.05, 0) is 0 Å². The zero-order valence-corrected chi connectivity index (χ0v) is 5.33. The molecule has 5 heteroatoms. The van der Waals surface area contributed by atoms with Gasteiger partial charge in [0.2, 0.25) is 0 Å². The Kier molecular flexibility index (Phi) is 2.91. The van der Waals surface area contributed by atoms with E-state index in [4.69, 9.17) is 5.26 Å². The number of nitrogens with zero attached hydrogens (tertiary/aromatic N) is 1. The molecule has 0 heterocycles. The smallest absolute Gasteiger partial charge is 0.304 e. The minimum absolute atomic E-state index is 0.703. The average Bonchev–Trinajstić information content (AvgIpc) is 1.81. The Bertz CT molecular complexity index is 194. The van der Waals surface area contributed by atoms with Crippen LogP contribution in [-0.2, 0) is 14.3 Å². The molecule has 2 N–H and O–H groups in total. The number of hydrogen-bond acceptors (Lipinski definition) is 4. The number of amides is 1. The topological polar surface area (TPSA) is 93.2 Å².